The van der Waals surface area contributed by atoms with Gasteiger partial charge in [0, 0.05) is 25.7 Å². The normalized spacial score (nSPS) is 31.6. The van der Waals surface area contributed by atoms with E-state index in [9.17, 15) is 8.42 Å². The first-order valence-corrected chi connectivity index (χ1v) is 8.32. The predicted octanol–water partition coefficient (Wildman–Crippen LogP) is -0.366. The molecule has 2 aliphatic rings. The van der Waals surface area contributed by atoms with Gasteiger partial charge in [-0.3, -0.25) is 5.43 Å². The number of fused-ring (bicyclic) bond motifs is 1. The van der Waals surface area contributed by atoms with Crippen LogP contribution >= 0.6 is 0 Å². The van der Waals surface area contributed by atoms with Crippen molar-refractivity contribution < 1.29 is 13.2 Å². The SMILES string of the molecule is CC(C)NN1CCOC2CN(S(C)(=O)=O)CCC21. The largest absolute Gasteiger partial charge is 0.374 e. The van der Waals surface area contributed by atoms with Crippen molar-refractivity contribution in [1.82, 2.24) is 14.7 Å². The first-order chi connectivity index (χ1) is 8.38. The van der Waals surface area contributed by atoms with Crippen LogP contribution in [0.1, 0.15) is 20.3 Å². The highest BCUT2D eigenvalue weighted by Gasteiger charge is 2.39. The monoisotopic (exact) mass is 277 g/mol. The van der Waals surface area contributed by atoms with Crippen molar-refractivity contribution in [1.29, 1.82) is 0 Å². The molecule has 18 heavy (non-hydrogen) atoms. The molecule has 0 aromatic rings. The minimum absolute atomic E-state index is 0.0199. The number of nitrogens with one attached hydrogen (secondary N) is 1. The number of ether oxygens (including phenoxy) is 1. The smallest absolute Gasteiger partial charge is 0.211 e. The second-order valence-electron chi connectivity index (χ2n) is 5.36. The summed E-state index contributed by atoms with van der Waals surface area (Å²) in [6, 6.07) is 0.663. The minimum atomic E-state index is -3.10. The van der Waals surface area contributed by atoms with Crippen LogP contribution in [0.15, 0.2) is 0 Å². The Bertz CT molecular complexity index is 385. The number of nitrogens with zero attached hydrogens (tertiary/aromatic N) is 2. The quantitative estimate of drug-likeness (QED) is 0.763. The Morgan fingerprint density at radius 2 is 2.06 bits per heavy atom. The zero-order valence-corrected chi connectivity index (χ0v) is 12.1. The van der Waals surface area contributed by atoms with Crippen LogP contribution in [-0.2, 0) is 14.8 Å². The minimum Gasteiger partial charge on any atom is -0.374 e. The number of sulfonamides is 1. The van der Waals surface area contributed by atoms with E-state index in [0.29, 0.717) is 25.7 Å². The van der Waals surface area contributed by atoms with E-state index in [1.54, 1.807) is 0 Å². The summed E-state index contributed by atoms with van der Waals surface area (Å²) in [6.07, 6.45) is 2.06. The van der Waals surface area contributed by atoms with Gasteiger partial charge in [0.1, 0.15) is 0 Å². The lowest BCUT2D eigenvalue weighted by Gasteiger charge is -2.46. The number of morpholine rings is 1. The fourth-order valence-electron chi connectivity index (χ4n) is 2.66. The first kappa shape index (κ1) is 14.2. The maximum atomic E-state index is 11.6. The molecule has 2 atom stereocenters. The average molecular weight is 277 g/mol. The van der Waals surface area contributed by atoms with E-state index >= 15 is 0 Å². The molecule has 2 aliphatic heterocycles. The summed E-state index contributed by atoms with van der Waals surface area (Å²) in [6.45, 7) is 6.78. The van der Waals surface area contributed by atoms with Gasteiger partial charge < -0.3 is 4.74 Å². The van der Waals surface area contributed by atoms with Crippen LogP contribution in [0.3, 0.4) is 0 Å². The zero-order chi connectivity index (χ0) is 13.3. The van der Waals surface area contributed by atoms with Crippen LogP contribution in [-0.4, -0.2) is 68.4 Å². The highest BCUT2D eigenvalue weighted by atomic mass is 32.2. The van der Waals surface area contributed by atoms with Crippen molar-refractivity contribution in [3.63, 3.8) is 0 Å². The van der Waals surface area contributed by atoms with E-state index in [1.807, 2.05) is 0 Å². The van der Waals surface area contributed by atoms with Crippen molar-refractivity contribution >= 4 is 10.0 Å². The van der Waals surface area contributed by atoms with Gasteiger partial charge in [0.05, 0.1) is 25.0 Å². The van der Waals surface area contributed by atoms with E-state index in [1.165, 1.54) is 10.6 Å². The third kappa shape index (κ3) is 3.21. The van der Waals surface area contributed by atoms with Crippen molar-refractivity contribution in [2.75, 3.05) is 32.5 Å². The van der Waals surface area contributed by atoms with Gasteiger partial charge in [0.15, 0.2) is 0 Å². The topological polar surface area (TPSA) is 61.9 Å². The van der Waals surface area contributed by atoms with Crippen molar-refractivity contribution in [2.45, 2.75) is 38.5 Å². The Kier molecular flexibility index (Phi) is 4.28. The lowest BCUT2D eigenvalue weighted by molar-refractivity contribution is -0.114. The lowest BCUT2D eigenvalue weighted by Crippen LogP contribution is -2.64. The molecule has 0 amide bonds. The van der Waals surface area contributed by atoms with E-state index in [0.717, 1.165) is 13.0 Å². The second-order valence-corrected chi connectivity index (χ2v) is 7.35. The van der Waals surface area contributed by atoms with Crippen molar-refractivity contribution in [3.8, 4) is 0 Å². The standard InChI is InChI=1S/C11H23N3O3S/c1-9(2)12-14-6-7-17-11-8-13(18(3,15)16)5-4-10(11)14/h9-12H,4-8H2,1-3H3. The molecular formula is C11H23N3O3S. The van der Waals surface area contributed by atoms with Gasteiger partial charge in [-0.25, -0.2) is 13.4 Å². The third-order valence-electron chi connectivity index (χ3n) is 3.44. The summed E-state index contributed by atoms with van der Waals surface area (Å²) in [7, 11) is -3.10. The van der Waals surface area contributed by atoms with Gasteiger partial charge in [-0.15, -0.1) is 0 Å². The summed E-state index contributed by atoms with van der Waals surface area (Å²) in [5.41, 5.74) is 3.42. The highest BCUT2D eigenvalue weighted by molar-refractivity contribution is 7.88. The van der Waals surface area contributed by atoms with E-state index in [-0.39, 0.29) is 12.1 Å². The predicted molar refractivity (Wildman–Crippen MR) is 69.5 cm³/mol. The van der Waals surface area contributed by atoms with Gasteiger partial charge in [-0.05, 0) is 20.3 Å². The third-order valence-corrected chi connectivity index (χ3v) is 4.71. The number of hydrazine groups is 1. The Hall–Kier alpha value is -0.210. The number of piperidine rings is 1. The fourth-order valence-corrected chi connectivity index (χ4v) is 3.51. The van der Waals surface area contributed by atoms with Crippen LogP contribution in [0.25, 0.3) is 0 Å². The molecule has 0 spiro atoms. The molecule has 6 nitrogen and oxygen atoms in total. The fraction of sp³-hybridized carbons (Fsp3) is 1.00. The maximum Gasteiger partial charge on any atom is 0.211 e. The zero-order valence-electron chi connectivity index (χ0n) is 11.3. The Balaban J connectivity index is 2.02. The van der Waals surface area contributed by atoms with Gasteiger partial charge in [-0.1, -0.05) is 0 Å². The number of rotatable bonds is 3. The van der Waals surface area contributed by atoms with Gasteiger partial charge in [0.2, 0.25) is 10.0 Å². The average Bonchev–Trinajstić information content (AvgIpc) is 2.27. The molecular weight excluding hydrogens is 254 g/mol. The molecule has 0 aromatic carbocycles. The van der Waals surface area contributed by atoms with E-state index in [2.05, 4.69) is 24.3 Å². The molecule has 2 heterocycles. The van der Waals surface area contributed by atoms with Crippen LogP contribution in [0.5, 0.6) is 0 Å². The summed E-state index contributed by atoms with van der Waals surface area (Å²) in [4.78, 5) is 0. The van der Waals surface area contributed by atoms with Crippen molar-refractivity contribution in [3.05, 3.63) is 0 Å². The van der Waals surface area contributed by atoms with E-state index in [4.69, 9.17) is 4.74 Å². The summed E-state index contributed by atoms with van der Waals surface area (Å²) in [5, 5.41) is 2.22. The summed E-state index contributed by atoms with van der Waals surface area (Å²) >= 11 is 0. The van der Waals surface area contributed by atoms with Crippen LogP contribution in [0.2, 0.25) is 0 Å². The van der Waals surface area contributed by atoms with Crippen LogP contribution in [0.4, 0.5) is 0 Å². The molecule has 2 saturated heterocycles. The lowest BCUT2D eigenvalue weighted by atomic mass is 10.0. The van der Waals surface area contributed by atoms with Gasteiger partial charge in [0.25, 0.3) is 0 Å². The Labute approximate surface area is 109 Å². The van der Waals surface area contributed by atoms with Crippen LogP contribution in [0, 0.1) is 0 Å². The molecule has 0 aliphatic carbocycles. The number of hydrogen-bond acceptors (Lipinski definition) is 5. The molecule has 2 rings (SSSR count). The Morgan fingerprint density at radius 3 is 2.67 bits per heavy atom. The van der Waals surface area contributed by atoms with Gasteiger partial charge in [-0.2, -0.15) is 4.31 Å². The molecule has 7 heteroatoms. The number of hydrogen-bond donors (Lipinski definition) is 1. The van der Waals surface area contributed by atoms with Gasteiger partial charge >= 0.3 is 0 Å². The Morgan fingerprint density at radius 1 is 1.33 bits per heavy atom. The molecule has 2 fully saturated rings. The molecule has 1 N–H and O–H groups in total. The highest BCUT2D eigenvalue weighted by Crippen LogP contribution is 2.23. The molecule has 2 unspecified atom stereocenters. The maximum absolute atomic E-state index is 11.6. The molecule has 0 aromatic heterocycles. The summed E-state index contributed by atoms with van der Waals surface area (Å²) in [5.74, 6) is 0. The van der Waals surface area contributed by atoms with Crippen molar-refractivity contribution in [2.24, 2.45) is 0 Å². The van der Waals surface area contributed by atoms with Crippen LogP contribution < -0.4 is 5.43 Å². The first-order valence-electron chi connectivity index (χ1n) is 6.47. The molecule has 0 radical (unpaired) electrons. The van der Waals surface area contributed by atoms with E-state index < -0.39 is 10.0 Å². The second kappa shape index (κ2) is 5.42. The summed E-state index contributed by atoms with van der Waals surface area (Å²) < 4.78 is 30.4. The molecule has 0 bridgehead atoms. The molecule has 106 valence electrons. The molecule has 0 saturated carbocycles.